The summed E-state index contributed by atoms with van der Waals surface area (Å²) in [5, 5.41) is 3.48. The van der Waals surface area contributed by atoms with Gasteiger partial charge in [-0.15, -0.1) is 0 Å². The highest BCUT2D eigenvalue weighted by atomic mass is 19.1. The van der Waals surface area contributed by atoms with Crippen molar-refractivity contribution >= 4 is 5.69 Å². The van der Waals surface area contributed by atoms with Crippen molar-refractivity contribution in [1.29, 1.82) is 0 Å². The van der Waals surface area contributed by atoms with Crippen LogP contribution in [0, 0.1) is 5.82 Å². The second kappa shape index (κ2) is 7.06. The van der Waals surface area contributed by atoms with E-state index in [0.29, 0.717) is 6.61 Å². The Labute approximate surface area is 119 Å². The summed E-state index contributed by atoms with van der Waals surface area (Å²) in [4.78, 5) is 0. The van der Waals surface area contributed by atoms with Gasteiger partial charge >= 0.3 is 0 Å². The van der Waals surface area contributed by atoms with Crippen LogP contribution in [0.15, 0.2) is 48.5 Å². The summed E-state index contributed by atoms with van der Waals surface area (Å²) >= 11 is 0. The Hall–Kier alpha value is -1.87. The van der Waals surface area contributed by atoms with Gasteiger partial charge in [0.15, 0.2) is 0 Å². The first-order chi connectivity index (χ1) is 9.74. The topological polar surface area (TPSA) is 21.3 Å². The van der Waals surface area contributed by atoms with E-state index in [1.165, 1.54) is 6.07 Å². The van der Waals surface area contributed by atoms with Gasteiger partial charge in [0.25, 0.3) is 0 Å². The van der Waals surface area contributed by atoms with Crippen LogP contribution in [0.5, 0.6) is 0 Å². The Morgan fingerprint density at radius 2 is 1.95 bits per heavy atom. The van der Waals surface area contributed by atoms with Gasteiger partial charge in [0.05, 0.1) is 12.6 Å². The maximum atomic E-state index is 13.4. The molecule has 3 heteroatoms. The summed E-state index contributed by atoms with van der Waals surface area (Å²) < 4.78 is 18.6. The number of hydrogen-bond acceptors (Lipinski definition) is 2. The van der Waals surface area contributed by atoms with Crippen LogP contribution >= 0.6 is 0 Å². The summed E-state index contributed by atoms with van der Waals surface area (Å²) in [6.07, 6.45) is 0.880. The second-order valence-electron chi connectivity index (χ2n) is 4.75. The zero-order chi connectivity index (χ0) is 14.4. The van der Waals surface area contributed by atoms with E-state index in [1.807, 2.05) is 30.3 Å². The fourth-order valence-electron chi connectivity index (χ4n) is 2.27. The molecule has 0 saturated heterocycles. The van der Waals surface area contributed by atoms with Crippen LogP contribution in [0.3, 0.4) is 0 Å². The molecule has 2 nitrogen and oxygen atoms in total. The predicted molar refractivity (Wildman–Crippen MR) is 80.2 cm³/mol. The SMILES string of the molecule is CCC(Nc1ccccc1COC)c1cccc(F)c1. The molecule has 0 fully saturated rings. The largest absolute Gasteiger partial charge is 0.380 e. The van der Waals surface area contributed by atoms with Crippen molar-refractivity contribution in [2.45, 2.75) is 26.0 Å². The van der Waals surface area contributed by atoms with Gasteiger partial charge in [-0.05, 0) is 30.2 Å². The summed E-state index contributed by atoms with van der Waals surface area (Å²) in [6.45, 7) is 2.64. The molecule has 1 N–H and O–H groups in total. The second-order valence-corrected chi connectivity index (χ2v) is 4.75. The third kappa shape index (κ3) is 3.58. The molecule has 1 unspecified atom stereocenters. The molecule has 2 aromatic carbocycles. The lowest BCUT2D eigenvalue weighted by Crippen LogP contribution is -2.11. The van der Waals surface area contributed by atoms with Gasteiger partial charge in [0, 0.05) is 18.4 Å². The van der Waals surface area contributed by atoms with Gasteiger partial charge in [0.1, 0.15) is 5.82 Å². The quantitative estimate of drug-likeness (QED) is 0.834. The Morgan fingerprint density at radius 1 is 1.15 bits per heavy atom. The van der Waals surface area contributed by atoms with Gasteiger partial charge < -0.3 is 10.1 Å². The van der Waals surface area contributed by atoms with Crippen LogP contribution in [-0.4, -0.2) is 7.11 Å². The van der Waals surface area contributed by atoms with Gasteiger partial charge in [0.2, 0.25) is 0 Å². The highest BCUT2D eigenvalue weighted by molar-refractivity contribution is 5.52. The molecule has 0 aliphatic rings. The van der Waals surface area contributed by atoms with Crippen LogP contribution in [0.1, 0.15) is 30.5 Å². The lowest BCUT2D eigenvalue weighted by atomic mass is 10.0. The number of halogens is 1. The monoisotopic (exact) mass is 273 g/mol. The van der Waals surface area contributed by atoms with E-state index < -0.39 is 0 Å². The van der Waals surface area contributed by atoms with E-state index in [1.54, 1.807) is 19.2 Å². The maximum absolute atomic E-state index is 13.4. The Kier molecular flexibility index (Phi) is 5.13. The Bertz CT molecular complexity index is 556. The molecule has 0 heterocycles. The van der Waals surface area contributed by atoms with Crippen molar-refractivity contribution in [3.05, 3.63) is 65.5 Å². The number of para-hydroxylation sites is 1. The summed E-state index contributed by atoms with van der Waals surface area (Å²) in [7, 11) is 1.68. The lowest BCUT2D eigenvalue weighted by Gasteiger charge is -2.21. The number of anilines is 1. The molecular formula is C17H20FNO. The zero-order valence-electron chi connectivity index (χ0n) is 11.9. The minimum absolute atomic E-state index is 0.0868. The van der Waals surface area contributed by atoms with Crippen molar-refractivity contribution in [2.24, 2.45) is 0 Å². The highest BCUT2D eigenvalue weighted by Crippen LogP contribution is 2.25. The standard InChI is InChI=1S/C17H20FNO/c1-3-16(13-8-6-9-15(18)11-13)19-17-10-5-4-7-14(17)12-20-2/h4-11,16,19H,3,12H2,1-2H3. The molecule has 2 rings (SSSR count). The van der Waals surface area contributed by atoms with Crippen LogP contribution < -0.4 is 5.32 Å². The predicted octanol–water partition coefficient (Wildman–Crippen LogP) is 4.54. The molecule has 0 aliphatic heterocycles. The van der Waals surface area contributed by atoms with Crippen LogP contribution in [0.2, 0.25) is 0 Å². The van der Waals surface area contributed by atoms with Gasteiger partial charge in [-0.25, -0.2) is 4.39 Å². The molecule has 106 valence electrons. The molecule has 0 amide bonds. The molecule has 0 bridgehead atoms. The first-order valence-electron chi connectivity index (χ1n) is 6.83. The van der Waals surface area contributed by atoms with Crippen LogP contribution in [0.25, 0.3) is 0 Å². The van der Waals surface area contributed by atoms with E-state index in [0.717, 1.165) is 23.2 Å². The molecule has 0 aliphatic carbocycles. The summed E-state index contributed by atoms with van der Waals surface area (Å²) in [6, 6.07) is 14.9. The lowest BCUT2D eigenvalue weighted by molar-refractivity contribution is 0.185. The first-order valence-corrected chi connectivity index (χ1v) is 6.83. The van der Waals surface area contributed by atoms with E-state index in [-0.39, 0.29) is 11.9 Å². The number of nitrogens with one attached hydrogen (secondary N) is 1. The van der Waals surface area contributed by atoms with Gasteiger partial charge in [-0.2, -0.15) is 0 Å². The van der Waals surface area contributed by atoms with Gasteiger partial charge in [-0.1, -0.05) is 37.3 Å². The summed E-state index contributed by atoms with van der Waals surface area (Å²) in [5.41, 5.74) is 3.09. The minimum atomic E-state index is -0.201. The Balaban J connectivity index is 2.22. The number of methoxy groups -OCH3 is 1. The van der Waals surface area contributed by atoms with Crippen molar-refractivity contribution in [3.63, 3.8) is 0 Å². The molecule has 0 aromatic heterocycles. The van der Waals surface area contributed by atoms with Crippen molar-refractivity contribution in [2.75, 3.05) is 12.4 Å². The molecule has 0 saturated carbocycles. The third-order valence-corrected chi connectivity index (χ3v) is 3.31. The average Bonchev–Trinajstić information content (AvgIpc) is 2.46. The van der Waals surface area contributed by atoms with Crippen molar-refractivity contribution in [3.8, 4) is 0 Å². The van der Waals surface area contributed by atoms with Crippen LogP contribution in [0.4, 0.5) is 10.1 Å². The minimum Gasteiger partial charge on any atom is -0.380 e. The smallest absolute Gasteiger partial charge is 0.123 e. The number of ether oxygens (including phenoxy) is 1. The fraction of sp³-hybridized carbons (Fsp3) is 0.294. The fourth-order valence-corrected chi connectivity index (χ4v) is 2.27. The number of hydrogen-bond donors (Lipinski definition) is 1. The third-order valence-electron chi connectivity index (χ3n) is 3.31. The van der Waals surface area contributed by atoms with Gasteiger partial charge in [-0.3, -0.25) is 0 Å². The summed E-state index contributed by atoms with van der Waals surface area (Å²) in [5.74, 6) is -0.201. The average molecular weight is 273 g/mol. The zero-order valence-corrected chi connectivity index (χ0v) is 11.9. The molecule has 0 radical (unpaired) electrons. The number of benzene rings is 2. The number of rotatable bonds is 6. The van der Waals surface area contributed by atoms with E-state index in [2.05, 4.69) is 12.2 Å². The van der Waals surface area contributed by atoms with Crippen molar-refractivity contribution < 1.29 is 9.13 Å². The van der Waals surface area contributed by atoms with E-state index >= 15 is 0 Å². The molecule has 20 heavy (non-hydrogen) atoms. The molecule has 2 aromatic rings. The molecular weight excluding hydrogens is 253 g/mol. The van der Waals surface area contributed by atoms with Crippen LogP contribution in [-0.2, 0) is 11.3 Å². The highest BCUT2D eigenvalue weighted by Gasteiger charge is 2.11. The van der Waals surface area contributed by atoms with E-state index in [9.17, 15) is 4.39 Å². The maximum Gasteiger partial charge on any atom is 0.123 e. The molecule has 0 spiro atoms. The Morgan fingerprint density at radius 3 is 2.65 bits per heavy atom. The normalized spacial score (nSPS) is 12.2. The van der Waals surface area contributed by atoms with E-state index in [4.69, 9.17) is 4.74 Å². The van der Waals surface area contributed by atoms with Crippen molar-refractivity contribution in [1.82, 2.24) is 0 Å². The molecule has 1 atom stereocenters. The first kappa shape index (κ1) is 14.5.